The van der Waals surface area contributed by atoms with Gasteiger partial charge in [-0.05, 0) is 24.1 Å². The van der Waals surface area contributed by atoms with Crippen molar-refractivity contribution < 1.29 is 0 Å². The summed E-state index contributed by atoms with van der Waals surface area (Å²) in [6.45, 7) is 4.44. The molecular weight excluding hydrogens is 469 g/mol. The summed E-state index contributed by atoms with van der Waals surface area (Å²) in [6.07, 6.45) is 3.91. The van der Waals surface area contributed by atoms with Crippen molar-refractivity contribution in [3.05, 3.63) is 52.3 Å². The molecule has 0 fully saturated rings. The Kier molecular flexibility index (Phi) is 8.60. The number of halogens is 2. The van der Waals surface area contributed by atoms with Gasteiger partial charge in [0.05, 0.1) is 12.7 Å². The highest BCUT2D eigenvalue weighted by Crippen LogP contribution is 2.17. The fourth-order valence-electron chi connectivity index (χ4n) is 2.21. The minimum absolute atomic E-state index is 0. The van der Waals surface area contributed by atoms with Gasteiger partial charge in [-0.1, -0.05) is 34.1 Å². The van der Waals surface area contributed by atoms with Gasteiger partial charge in [-0.15, -0.1) is 24.0 Å². The summed E-state index contributed by atoms with van der Waals surface area (Å²) in [5, 5.41) is 7.65. The molecule has 1 aromatic carbocycles. The van der Waals surface area contributed by atoms with Crippen LogP contribution in [0.25, 0.3) is 0 Å². The summed E-state index contributed by atoms with van der Waals surface area (Å²) in [5.41, 5.74) is 2.41. The monoisotopic (exact) mass is 491 g/mol. The lowest BCUT2D eigenvalue weighted by Gasteiger charge is -2.22. The maximum absolute atomic E-state index is 4.34. The molecule has 0 radical (unpaired) electrons. The van der Waals surface area contributed by atoms with E-state index in [-0.39, 0.29) is 24.0 Å². The number of hydrogen-bond donors (Lipinski definition) is 1. The largest absolute Gasteiger partial charge is 0.354 e. The maximum Gasteiger partial charge on any atom is 0.193 e. The Morgan fingerprint density at radius 2 is 2.13 bits per heavy atom. The minimum atomic E-state index is 0. The summed E-state index contributed by atoms with van der Waals surface area (Å²) in [4.78, 5) is 6.44. The number of aliphatic imine (C=N–C) groups is 1. The van der Waals surface area contributed by atoms with E-state index in [0.717, 1.165) is 30.1 Å². The zero-order valence-electron chi connectivity index (χ0n) is 13.7. The number of aromatic nitrogens is 2. The van der Waals surface area contributed by atoms with Crippen LogP contribution in [0.2, 0.25) is 0 Å². The second kappa shape index (κ2) is 9.92. The molecule has 5 nitrogen and oxygen atoms in total. The van der Waals surface area contributed by atoms with E-state index in [0.29, 0.717) is 0 Å². The van der Waals surface area contributed by atoms with Gasteiger partial charge in [0.2, 0.25) is 0 Å². The van der Waals surface area contributed by atoms with E-state index < -0.39 is 0 Å². The molecule has 0 amide bonds. The van der Waals surface area contributed by atoms with Crippen molar-refractivity contribution in [2.24, 2.45) is 4.99 Å². The average molecular weight is 492 g/mol. The molecule has 0 aliphatic carbocycles. The molecule has 7 heteroatoms. The molecule has 0 saturated carbocycles. The first-order chi connectivity index (χ1) is 10.6. The van der Waals surface area contributed by atoms with Crippen molar-refractivity contribution in [1.82, 2.24) is 20.0 Å². The van der Waals surface area contributed by atoms with Crippen LogP contribution in [-0.4, -0.2) is 41.3 Å². The first kappa shape index (κ1) is 20.0. The summed E-state index contributed by atoms with van der Waals surface area (Å²) in [6, 6.07) is 8.23. The lowest BCUT2D eigenvalue weighted by Crippen LogP contribution is -2.39. The first-order valence-electron chi connectivity index (χ1n) is 7.24. The second-order valence-electron chi connectivity index (χ2n) is 5.20. The first-order valence-corrected chi connectivity index (χ1v) is 8.03. The fourth-order valence-corrected chi connectivity index (χ4v) is 2.62. The normalized spacial score (nSPS) is 11.0. The summed E-state index contributed by atoms with van der Waals surface area (Å²) in [7, 11) is 3.84. The third-order valence-electron chi connectivity index (χ3n) is 3.33. The number of benzene rings is 1. The molecule has 2 rings (SSSR count). The van der Waals surface area contributed by atoms with Gasteiger partial charge >= 0.3 is 0 Å². The van der Waals surface area contributed by atoms with E-state index in [1.54, 1.807) is 7.05 Å². The standard InChI is InChI=1S/C16H22BrN5.HI/c1-13-10-20-22(11-13)9-8-19-16(18-2)21(3)12-14-6-4-5-7-15(14)17;/h4-7,10-11H,8-9,12H2,1-3H3,(H,18,19);1H. The minimum Gasteiger partial charge on any atom is -0.354 e. The molecule has 1 heterocycles. The second-order valence-corrected chi connectivity index (χ2v) is 6.06. The number of aryl methyl sites for hydroxylation is 1. The van der Waals surface area contributed by atoms with E-state index in [1.807, 2.05) is 43.2 Å². The Bertz CT molecular complexity index is 641. The van der Waals surface area contributed by atoms with Crippen LogP contribution in [0.15, 0.2) is 46.1 Å². The van der Waals surface area contributed by atoms with Gasteiger partial charge in [-0.3, -0.25) is 9.67 Å². The quantitative estimate of drug-likeness (QED) is 0.396. The fraction of sp³-hybridized carbons (Fsp3) is 0.375. The Hall–Kier alpha value is -1.09. The average Bonchev–Trinajstić information content (AvgIpc) is 2.91. The SMILES string of the molecule is CN=C(NCCn1cc(C)cn1)N(C)Cc1ccccc1Br.I. The van der Waals surface area contributed by atoms with Crippen molar-refractivity contribution in [3.63, 3.8) is 0 Å². The molecule has 0 aliphatic rings. The van der Waals surface area contributed by atoms with E-state index in [4.69, 9.17) is 0 Å². The number of nitrogens with zero attached hydrogens (tertiary/aromatic N) is 4. The van der Waals surface area contributed by atoms with E-state index >= 15 is 0 Å². The van der Waals surface area contributed by atoms with Crippen LogP contribution in [0, 0.1) is 6.92 Å². The maximum atomic E-state index is 4.34. The van der Waals surface area contributed by atoms with Crippen LogP contribution < -0.4 is 5.32 Å². The Morgan fingerprint density at radius 3 is 2.74 bits per heavy atom. The highest BCUT2D eigenvalue weighted by molar-refractivity contribution is 14.0. The molecule has 23 heavy (non-hydrogen) atoms. The van der Waals surface area contributed by atoms with Crippen molar-refractivity contribution in [2.45, 2.75) is 20.0 Å². The molecular formula is C16H23BrIN5. The van der Waals surface area contributed by atoms with Crippen molar-refractivity contribution in [1.29, 1.82) is 0 Å². The van der Waals surface area contributed by atoms with Gasteiger partial charge < -0.3 is 10.2 Å². The van der Waals surface area contributed by atoms with E-state index in [2.05, 4.69) is 48.4 Å². The van der Waals surface area contributed by atoms with E-state index in [1.165, 1.54) is 11.1 Å². The third-order valence-corrected chi connectivity index (χ3v) is 4.10. The van der Waals surface area contributed by atoms with Crippen LogP contribution >= 0.6 is 39.9 Å². The molecule has 0 aliphatic heterocycles. The lowest BCUT2D eigenvalue weighted by atomic mass is 10.2. The Balaban J connectivity index is 0.00000264. The van der Waals surface area contributed by atoms with Crippen molar-refractivity contribution in [2.75, 3.05) is 20.6 Å². The summed E-state index contributed by atoms with van der Waals surface area (Å²) in [5.74, 6) is 0.875. The Morgan fingerprint density at radius 1 is 1.39 bits per heavy atom. The van der Waals surface area contributed by atoms with Gasteiger partial charge in [-0.2, -0.15) is 5.10 Å². The number of guanidine groups is 1. The van der Waals surface area contributed by atoms with Crippen molar-refractivity contribution >= 4 is 45.9 Å². The van der Waals surface area contributed by atoms with E-state index in [9.17, 15) is 0 Å². The van der Waals surface area contributed by atoms with Gasteiger partial charge in [0.1, 0.15) is 0 Å². The number of nitrogens with one attached hydrogen (secondary N) is 1. The molecule has 0 saturated heterocycles. The molecule has 0 bridgehead atoms. The van der Waals surface area contributed by atoms with Crippen LogP contribution in [0.1, 0.15) is 11.1 Å². The van der Waals surface area contributed by atoms with Crippen LogP contribution in [0.5, 0.6) is 0 Å². The molecule has 1 aromatic heterocycles. The zero-order chi connectivity index (χ0) is 15.9. The zero-order valence-corrected chi connectivity index (χ0v) is 17.6. The number of hydrogen-bond acceptors (Lipinski definition) is 2. The lowest BCUT2D eigenvalue weighted by molar-refractivity contribution is 0.469. The van der Waals surface area contributed by atoms with Gasteiger partial charge in [0, 0.05) is 37.9 Å². The summed E-state index contributed by atoms with van der Waals surface area (Å²) < 4.78 is 3.05. The summed E-state index contributed by atoms with van der Waals surface area (Å²) >= 11 is 3.58. The third kappa shape index (κ3) is 6.14. The van der Waals surface area contributed by atoms with Gasteiger partial charge in [-0.25, -0.2) is 0 Å². The topological polar surface area (TPSA) is 45.5 Å². The van der Waals surface area contributed by atoms with Crippen LogP contribution in [0.3, 0.4) is 0 Å². The predicted molar refractivity (Wildman–Crippen MR) is 109 cm³/mol. The molecule has 2 aromatic rings. The molecule has 0 unspecified atom stereocenters. The van der Waals surface area contributed by atoms with Crippen molar-refractivity contribution in [3.8, 4) is 0 Å². The molecule has 126 valence electrons. The predicted octanol–water partition coefficient (Wildman–Crippen LogP) is 3.28. The highest BCUT2D eigenvalue weighted by Gasteiger charge is 2.08. The molecule has 0 spiro atoms. The van der Waals surface area contributed by atoms with Gasteiger partial charge in [0.25, 0.3) is 0 Å². The Labute approximate surface area is 163 Å². The van der Waals surface area contributed by atoms with Crippen LogP contribution in [-0.2, 0) is 13.1 Å². The van der Waals surface area contributed by atoms with Gasteiger partial charge in [0.15, 0.2) is 5.96 Å². The highest BCUT2D eigenvalue weighted by atomic mass is 127. The van der Waals surface area contributed by atoms with Crippen LogP contribution in [0.4, 0.5) is 0 Å². The molecule has 1 N–H and O–H groups in total. The number of rotatable bonds is 5. The molecule has 0 atom stereocenters. The smallest absolute Gasteiger partial charge is 0.193 e.